The third-order valence-electron chi connectivity index (χ3n) is 2.28. The molecule has 0 amide bonds. The summed E-state index contributed by atoms with van der Waals surface area (Å²) in [6.45, 7) is 0. The van der Waals surface area contributed by atoms with Gasteiger partial charge in [-0.05, 0) is 18.2 Å². The van der Waals surface area contributed by atoms with Crippen molar-refractivity contribution in [3.05, 3.63) is 48.3 Å². The van der Waals surface area contributed by atoms with Gasteiger partial charge in [-0.2, -0.15) is 4.57 Å². The molecule has 0 fully saturated rings. The quantitative estimate of drug-likeness (QED) is 0.534. The first-order chi connectivity index (χ1) is 8.08. The number of phenols is 2. The van der Waals surface area contributed by atoms with E-state index in [-0.39, 0.29) is 17.1 Å². The van der Waals surface area contributed by atoms with Crippen molar-refractivity contribution in [1.29, 1.82) is 0 Å². The summed E-state index contributed by atoms with van der Waals surface area (Å²) in [7, 11) is 0. The summed E-state index contributed by atoms with van der Waals surface area (Å²) >= 11 is 0. The number of aromatic hydroxyl groups is 2. The SMILES string of the molecule is O=C(O)c1ccc[n+](-c2cc(O)ccc2O)c1. The van der Waals surface area contributed by atoms with Crippen LogP contribution in [0.3, 0.4) is 0 Å². The van der Waals surface area contributed by atoms with E-state index in [0.717, 1.165) is 0 Å². The van der Waals surface area contributed by atoms with E-state index in [1.54, 1.807) is 12.3 Å². The van der Waals surface area contributed by atoms with E-state index in [1.165, 1.54) is 35.0 Å². The smallest absolute Gasteiger partial charge is 0.341 e. The van der Waals surface area contributed by atoms with Crippen LogP contribution in [0.2, 0.25) is 0 Å². The summed E-state index contributed by atoms with van der Waals surface area (Å²) < 4.78 is 1.43. The molecule has 0 spiro atoms. The Kier molecular flexibility index (Phi) is 2.66. The topological polar surface area (TPSA) is 81.6 Å². The minimum atomic E-state index is -1.06. The second-order valence-corrected chi connectivity index (χ2v) is 3.48. The Morgan fingerprint density at radius 2 is 1.94 bits per heavy atom. The highest BCUT2D eigenvalue weighted by Gasteiger charge is 2.15. The van der Waals surface area contributed by atoms with Crippen LogP contribution in [0.15, 0.2) is 42.7 Å². The standard InChI is InChI=1S/C12H9NO4/c14-9-3-4-11(15)10(6-9)13-5-1-2-8(7-13)12(16)17/h1-7H,(H2-,14,15,16,17)/p+1. The van der Waals surface area contributed by atoms with Gasteiger partial charge in [0, 0.05) is 6.07 Å². The molecule has 0 aliphatic rings. The monoisotopic (exact) mass is 232 g/mol. The van der Waals surface area contributed by atoms with Crippen LogP contribution in [-0.2, 0) is 0 Å². The lowest BCUT2D eigenvalue weighted by atomic mass is 10.2. The first-order valence-electron chi connectivity index (χ1n) is 4.85. The van der Waals surface area contributed by atoms with Crippen molar-refractivity contribution in [3.63, 3.8) is 0 Å². The van der Waals surface area contributed by atoms with Gasteiger partial charge < -0.3 is 15.3 Å². The number of rotatable bonds is 2. The molecule has 0 saturated carbocycles. The Morgan fingerprint density at radius 3 is 2.65 bits per heavy atom. The summed E-state index contributed by atoms with van der Waals surface area (Å²) in [5, 5.41) is 27.8. The van der Waals surface area contributed by atoms with Crippen molar-refractivity contribution in [2.75, 3.05) is 0 Å². The van der Waals surface area contributed by atoms with E-state index >= 15 is 0 Å². The van der Waals surface area contributed by atoms with E-state index in [0.29, 0.717) is 5.69 Å². The molecule has 0 saturated heterocycles. The van der Waals surface area contributed by atoms with Crippen molar-refractivity contribution in [2.24, 2.45) is 0 Å². The summed E-state index contributed by atoms with van der Waals surface area (Å²) in [5.74, 6) is -1.11. The van der Waals surface area contributed by atoms with Crippen LogP contribution in [0, 0.1) is 0 Å². The van der Waals surface area contributed by atoms with Crippen molar-refractivity contribution in [2.45, 2.75) is 0 Å². The number of aromatic nitrogens is 1. The molecule has 17 heavy (non-hydrogen) atoms. The number of benzene rings is 1. The van der Waals surface area contributed by atoms with Gasteiger partial charge in [0.25, 0.3) is 5.69 Å². The van der Waals surface area contributed by atoms with Crippen LogP contribution in [0.5, 0.6) is 11.5 Å². The van der Waals surface area contributed by atoms with Crippen molar-refractivity contribution in [3.8, 4) is 17.2 Å². The molecule has 3 N–H and O–H groups in total. The maximum atomic E-state index is 10.8. The Bertz CT molecular complexity index is 580. The zero-order chi connectivity index (χ0) is 12.4. The van der Waals surface area contributed by atoms with Crippen LogP contribution in [0.1, 0.15) is 10.4 Å². The molecule has 0 radical (unpaired) electrons. The van der Waals surface area contributed by atoms with E-state index in [1.807, 2.05) is 0 Å². The fraction of sp³-hybridized carbons (Fsp3) is 0. The van der Waals surface area contributed by atoms with Gasteiger partial charge >= 0.3 is 5.97 Å². The highest BCUT2D eigenvalue weighted by Crippen LogP contribution is 2.21. The number of hydrogen-bond donors (Lipinski definition) is 3. The van der Waals surface area contributed by atoms with Gasteiger partial charge in [-0.25, -0.2) is 4.79 Å². The molecule has 86 valence electrons. The second kappa shape index (κ2) is 4.13. The number of phenolic OH excluding ortho intramolecular Hbond substituents is 2. The molecule has 0 bridgehead atoms. The summed E-state index contributed by atoms with van der Waals surface area (Å²) in [4.78, 5) is 10.8. The van der Waals surface area contributed by atoms with Gasteiger partial charge in [0.2, 0.25) is 0 Å². The van der Waals surface area contributed by atoms with Crippen molar-refractivity contribution in [1.82, 2.24) is 0 Å². The normalized spacial score (nSPS) is 10.1. The summed E-state index contributed by atoms with van der Waals surface area (Å²) in [6, 6.07) is 7.03. The van der Waals surface area contributed by atoms with Gasteiger partial charge in [0.05, 0.1) is 6.07 Å². The minimum absolute atomic E-state index is 0.00831. The molecule has 2 aromatic rings. The number of nitrogens with zero attached hydrogens (tertiary/aromatic N) is 1. The van der Waals surface area contributed by atoms with Gasteiger partial charge in [-0.1, -0.05) is 0 Å². The Balaban J connectivity index is 2.56. The number of carboxylic acids is 1. The molecular weight excluding hydrogens is 222 g/mol. The first-order valence-corrected chi connectivity index (χ1v) is 4.85. The molecule has 0 unspecified atom stereocenters. The van der Waals surface area contributed by atoms with Gasteiger partial charge in [-0.3, -0.25) is 0 Å². The Morgan fingerprint density at radius 1 is 1.18 bits per heavy atom. The maximum Gasteiger partial charge on any atom is 0.341 e. The zero-order valence-corrected chi connectivity index (χ0v) is 8.74. The highest BCUT2D eigenvalue weighted by molar-refractivity contribution is 5.86. The van der Waals surface area contributed by atoms with E-state index in [2.05, 4.69) is 0 Å². The van der Waals surface area contributed by atoms with Crippen LogP contribution in [0.25, 0.3) is 5.69 Å². The highest BCUT2D eigenvalue weighted by atomic mass is 16.4. The molecule has 2 rings (SSSR count). The molecule has 0 aliphatic carbocycles. The molecule has 5 nitrogen and oxygen atoms in total. The van der Waals surface area contributed by atoms with E-state index in [9.17, 15) is 15.0 Å². The van der Waals surface area contributed by atoms with Crippen LogP contribution in [-0.4, -0.2) is 21.3 Å². The molecule has 1 aromatic carbocycles. The van der Waals surface area contributed by atoms with Gasteiger partial charge in [-0.15, -0.1) is 0 Å². The van der Waals surface area contributed by atoms with Crippen molar-refractivity contribution >= 4 is 5.97 Å². The number of carbonyl (C=O) groups is 1. The minimum Gasteiger partial charge on any atom is -0.508 e. The third kappa shape index (κ3) is 2.17. The number of pyridine rings is 1. The molecule has 1 heterocycles. The molecule has 1 aromatic heterocycles. The first kappa shape index (κ1) is 10.9. The van der Waals surface area contributed by atoms with E-state index in [4.69, 9.17) is 5.11 Å². The van der Waals surface area contributed by atoms with Gasteiger partial charge in [0.1, 0.15) is 11.3 Å². The fourth-order valence-electron chi connectivity index (χ4n) is 1.47. The van der Waals surface area contributed by atoms with E-state index < -0.39 is 5.97 Å². The molecule has 0 aliphatic heterocycles. The zero-order valence-electron chi connectivity index (χ0n) is 8.74. The van der Waals surface area contributed by atoms with Crippen LogP contribution < -0.4 is 4.57 Å². The Hall–Kier alpha value is -2.56. The molecular formula is C12H10NO4+. The lowest BCUT2D eigenvalue weighted by Gasteiger charge is -2.00. The number of carboxylic acid groups (broad SMARTS) is 1. The third-order valence-corrected chi connectivity index (χ3v) is 2.28. The molecule has 0 atom stereocenters. The average Bonchev–Trinajstić information content (AvgIpc) is 2.32. The predicted molar refractivity (Wildman–Crippen MR) is 58.3 cm³/mol. The summed E-state index contributed by atoms with van der Waals surface area (Å²) in [6.07, 6.45) is 2.94. The lowest BCUT2D eigenvalue weighted by Crippen LogP contribution is -2.30. The number of aromatic carboxylic acids is 1. The fourth-order valence-corrected chi connectivity index (χ4v) is 1.47. The number of hydrogen-bond acceptors (Lipinski definition) is 3. The predicted octanol–water partition coefficient (Wildman–Crippen LogP) is 1.07. The molecule has 5 heteroatoms. The summed E-state index contributed by atoms with van der Waals surface area (Å²) in [5.41, 5.74) is 0.406. The second-order valence-electron chi connectivity index (χ2n) is 3.48. The largest absolute Gasteiger partial charge is 0.508 e. The Labute approximate surface area is 96.8 Å². The maximum absolute atomic E-state index is 10.8. The van der Waals surface area contributed by atoms with Gasteiger partial charge in [0.15, 0.2) is 18.1 Å². The van der Waals surface area contributed by atoms with Crippen LogP contribution in [0.4, 0.5) is 0 Å². The average molecular weight is 232 g/mol. The van der Waals surface area contributed by atoms with Crippen LogP contribution >= 0.6 is 0 Å². The van der Waals surface area contributed by atoms with Crippen molar-refractivity contribution < 1.29 is 24.7 Å². The lowest BCUT2D eigenvalue weighted by molar-refractivity contribution is -0.596.